The van der Waals surface area contributed by atoms with Gasteiger partial charge in [-0.1, -0.05) is 41.9 Å². The molecule has 7 heteroatoms. The number of halogens is 1. The first kappa shape index (κ1) is 19.9. The SMILES string of the molecule is CC(NC(=O)c1cc2c(cn1)[nH]c1ccccc12)C(=O)NCCc1ccc(Cl)cc1. The zero-order valence-corrected chi connectivity index (χ0v) is 17.2. The van der Waals surface area contributed by atoms with Gasteiger partial charge in [-0.25, -0.2) is 4.98 Å². The van der Waals surface area contributed by atoms with Gasteiger partial charge in [0, 0.05) is 27.9 Å². The number of para-hydroxylation sites is 1. The van der Waals surface area contributed by atoms with Crippen LogP contribution in [0.4, 0.5) is 0 Å². The highest BCUT2D eigenvalue weighted by Gasteiger charge is 2.18. The second-order valence-corrected chi connectivity index (χ2v) is 7.58. The molecule has 0 bridgehead atoms. The zero-order chi connectivity index (χ0) is 21.1. The fraction of sp³-hybridized carbons (Fsp3) is 0.174. The first-order valence-electron chi connectivity index (χ1n) is 9.71. The molecule has 0 radical (unpaired) electrons. The van der Waals surface area contributed by atoms with Crippen LogP contribution in [0.3, 0.4) is 0 Å². The number of H-pyrrole nitrogens is 1. The fourth-order valence-corrected chi connectivity index (χ4v) is 3.47. The van der Waals surface area contributed by atoms with Crippen LogP contribution in [0.2, 0.25) is 5.02 Å². The van der Waals surface area contributed by atoms with Gasteiger partial charge in [-0.3, -0.25) is 9.59 Å². The van der Waals surface area contributed by atoms with Crippen LogP contribution < -0.4 is 10.6 Å². The molecule has 30 heavy (non-hydrogen) atoms. The zero-order valence-electron chi connectivity index (χ0n) is 16.4. The second kappa shape index (κ2) is 8.55. The highest BCUT2D eigenvalue weighted by molar-refractivity contribution is 6.30. The molecule has 3 N–H and O–H groups in total. The number of nitrogens with one attached hydrogen (secondary N) is 3. The first-order valence-corrected chi connectivity index (χ1v) is 10.1. The Kier molecular flexibility index (Phi) is 5.68. The van der Waals surface area contributed by atoms with Gasteiger partial charge in [0.2, 0.25) is 5.91 Å². The van der Waals surface area contributed by atoms with Crippen molar-refractivity contribution in [2.75, 3.05) is 6.54 Å². The van der Waals surface area contributed by atoms with E-state index in [1.54, 1.807) is 19.2 Å². The van der Waals surface area contributed by atoms with Crippen LogP contribution in [0.5, 0.6) is 0 Å². The number of hydrogen-bond donors (Lipinski definition) is 3. The number of aromatic nitrogens is 2. The average Bonchev–Trinajstić information content (AvgIpc) is 3.13. The summed E-state index contributed by atoms with van der Waals surface area (Å²) in [5.74, 6) is -0.631. The summed E-state index contributed by atoms with van der Waals surface area (Å²) in [4.78, 5) is 32.5. The van der Waals surface area contributed by atoms with Crippen LogP contribution in [0.15, 0.2) is 60.8 Å². The van der Waals surface area contributed by atoms with E-state index in [1.807, 2.05) is 48.5 Å². The van der Waals surface area contributed by atoms with Gasteiger partial charge in [0.25, 0.3) is 5.91 Å². The number of fused-ring (bicyclic) bond motifs is 3. The molecule has 1 unspecified atom stereocenters. The van der Waals surface area contributed by atoms with Crippen molar-refractivity contribution in [1.29, 1.82) is 0 Å². The molecular weight excluding hydrogens is 400 g/mol. The molecule has 4 aromatic rings. The third-order valence-corrected chi connectivity index (χ3v) is 5.24. The summed E-state index contributed by atoms with van der Waals surface area (Å²) in [6.45, 7) is 2.12. The Morgan fingerprint density at radius 3 is 2.63 bits per heavy atom. The van der Waals surface area contributed by atoms with E-state index in [1.165, 1.54) is 0 Å². The molecule has 2 aromatic heterocycles. The number of nitrogens with zero attached hydrogens (tertiary/aromatic N) is 1. The van der Waals surface area contributed by atoms with Crippen molar-refractivity contribution >= 4 is 45.2 Å². The van der Waals surface area contributed by atoms with E-state index in [4.69, 9.17) is 11.6 Å². The van der Waals surface area contributed by atoms with Crippen LogP contribution in [-0.2, 0) is 11.2 Å². The quantitative estimate of drug-likeness (QED) is 0.443. The van der Waals surface area contributed by atoms with Crippen LogP contribution >= 0.6 is 11.6 Å². The topological polar surface area (TPSA) is 86.9 Å². The van der Waals surface area contributed by atoms with Crippen LogP contribution in [0.25, 0.3) is 21.8 Å². The molecule has 0 spiro atoms. The van der Waals surface area contributed by atoms with Gasteiger partial charge in [0.1, 0.15) is 11.7 Å². The second-order valence-electron chi connectivity index (χ2n) is 7.15. The Hall–Kier alpha value is -3.38. The average molecular weight is 421 g/mol. The minimum absolute atomic E-state index is 0.245. The lowest BCUT2D eigenvalue weighted by atomic mass is 10.1. The Balaban J connectivity index is 1.37. The maximum Gasteiger partial charge on any atom is 0.270 e. The summed E-state index contributed by atoms with van der Waals surface area (Å²) in [6, 6.07) is 16.4. The summed E-state index contributed by atoms with van der Waals surface area (Å²) in [5.41, 5.74) is 3.20. The largest absolute Gasteiger partial charge is 0.354 e. The molecule has 2 amide bonds. The van der Waals surface area contributed by atoms with Crippen molar-refractivity contribution in [3.05, 3.63) is 77.1 Å². The Morgan fingerprint density at radius 2 is 1.83 bits per heavy atom. The summed E-state index contributed by atoms with van der Waals surface area (Å²) in [6.07, 6.45) is 2.32. The maximum atomic E-state index is 12.6. The lowest BCUT2D eigenvalue weighted by Gasteiger charge is -2.14. The van der Waals surface area contributed by atoms with E-state index in [0.29, 0.717) is 18.0 Å². The Morgan fingerprint density at radius 1 is 1.07 bits per heavy atom. The fourth-order valence-electron chi connectivity index (χ4n) is 3.34. The number of aromatic amines is 1. The number of carbonyl (C=O) groups excluding carboxylic acids is 2. The van der Waals surface area contributed by atoms with Gasteiger partial charge in [0.15, 0.2) is 0 Å². The highest BCUT2D eigenvalue weighted by Crippen LogP contribution is 2.24. The van der Waals surface area contributed by atoms with Gasteiger partial charge in [-0.15, -0.1) is 0 Å². The lowest BCUT2D eigenvalue weighted by Crippen LogP contribution is -2.45. The van der Waals surface area contributed by atoms with E-state index >= 15 is 0 Å². The predicted molar refractivity (Wildman–Crippen MR) is 119 cm³/mol. The molecule has 152 valence electrons. The van der Waals surface area contributed by atoms with E-state index < -0.39 is 6.04 Å². The van der Waals surface area contributed by atoms with Crippen molar-refractivity contribution in [3.8, 4) is 0 Å². The molecule has 2 heterocycles. The summed E-state index contributed by atoms with van der Waals surface area (Å²) in [5, 5.41) is 8.18. The highest BCUT2D eigenvalue weighted by atomic mass is 35.5. The molecule has 6 nitrogen and oxygen atoms in total. The maximum absolute atomic E-state index is 12.6. The van der Waals surface area contributed by atoms with Crippen molar-refractivity contribution < 1.29 is 9.59 Å². The van der Waals surface area contributed by atoms with Crippen LogP contribution in [0, 0.1) is 0 Å². The third kappa shape index (κ3) is 4.28. The Labute approximate surface area is 178 Å². The predicted octanol–water partition coefficient (Wildman–Crippen LogP) is 3.85. The van der Waals surface area contributed by atoms with E-state index in [0.717, 1.165) is 27.4 Å². The molecule has 4 rings (SSSR count). The summed E-state index contributed by atoms with van der Waals surface area (Å²) in [7, 11) is 0. The van der Waals surface area contributed by atoms with Crippen LogP contribution in [0.1, 0.15) is 23.0 Å². The van der Waals surface area contributed by atoms with Crippen molar-refractivity contribution in [3.63, 3.8) is 0 Å². The number of pyridine rings is 1. The number of amides is 2. The number of rotatable bonds is 6. The van der Waals surface area contributed by atoms with Crippen molar-refractivity contribution in [1.82, 2.24) is 20.6 Å². The minimum Gasteiger partial charge on any atom is -0.354 e. The Bertz CT molecular complexity index is 1220. The summed E-state index contributed by atoms with van der Waals surface area (Å²) >= 11 is 5.87. The van der Waals surface area contributed by atoms with Gasteiger partial charge in [-0.05, 0) is 43.2 Å². The lowest BCUT2D eigenvalue weighted by molar-refractivity contribution is -0.122. The van der Waals surface area contributed by atoms with E-state index in [2.05, 4.69) is 20.6 Å². The normalized spacial score (nSPS) is 12.1. The van der Waals surface area contributed by atoms with Gasteiger partial charge >= 0.3 is 0 Å². The molecule has 0 aliphatic rings. The standard InChI is InChI=1S/C23H21ClN4O2/c1-14(22(29)25-11-10-15-6-8-16(24)9-7-15)27-23(30)20-12-18-17-4-2-3-5-19(17)28-21(18)13-26-20/h2-9,12-14,28H,10-11H2,1H3,(H,25,29)(H,27,30). The van der Waals surface area contributed by atoms with E-state index in [9.17, 15) is 9.59 Å². The molecule has 0 fully saturated rings. The first-order chi connectivity index (χ1) is 14.5. The summed E-state index contributed by atoms with van der Waals surface area (Å²) < 4.78 is 0. The van der Waals surface area contributed by atoms with Crippen molar-refractivity contribution in [2.24, 2.45) is 0 Å². The number of hydrogen-bond acceptors (Lipinski definition) is 3. The molecule has 0 saturated carbocycles. The third-order valence-electron chi connectivity index (χ3n) is 4.99. The molecule has 0 saturated heterocycles. The van der Waals surface area contributed by atoms with E-state index in [-0.39, 0.29) is 17.5 Å². The minimum atomic E-state index is -0.678. The van der Waals surface area contributed by atoms with Gasteiger partial charge in [0.05, 0.1) is 11.7 Å². The van der Waals surface area contributed by atoms with Crippen molar-refractivity contribution in [2.45, 2.75) is 19.4 Å². The van der Waals surface area contributed by atoms with Gasteiger partial charge < -0.3 is 15.6 Å². The molecule has 1 atom stereocenters. The number of carbonyl (C=O) groups is 2. The van der Waals surface area contributed by atoms with Crippen LogP contribution in [-0.4, -0.2) is 34.4 Å². The molecule has 2 aromatic carbocycles. The number of benzene rings is 2. The molecule has 0 aliphatic carbocycles. The monoisotopic (exact) mass is 420 g/mol. The molecule has 0 aliphatic heterocycles. The van der Waals surface area contributed by atoms with Gasteiger partial charge in [-0.2, -0.15) is 0 Å². The smallest absolute Gasteiger partial charge is 0.270 e. The molecular formula is C23H21ClN4O2.